The molecule has 1 aromatic carbocycles. The number of hydrogen-bond acceptors (Lipinski definition) is 3. The van der Waals surface area contributed by atoms with Crippen molar-refractivity contribution in [3.05, 3.63) is 35.9 Å². The van der Waals surface area contributed by atoms with E-state index in [0.717, 1.165) is 51.6 Å². The van der Waals surface area contributed by atoms with Gasteiger partial charge in [0.05, 0.1) is 6.54 Å². The Morgan fingerprint density at radius 1 is 1.11 bits per heavy atom. The van der Waals surface area contributed by atoms with Crippen LogP contribution in [0.2, 0.25) is 0 Å². The molecule has 1 saturated heterocycles. The zero-order valence-electron chi connectivity index (χ0n) is 17.8. The number of halogens is 1. The van der Waals surface area contributed by atoms with Crippen molar-refractivity contribution in [3.63, 3.8) is 0 Å². The summed E-state index contributed by atoms with van der Waals surface area (Å²) in [6.45, 7) is 10.8. The van der Waals surface area contributed by atoms with E-state index in [4.69, 9.17) is 9.73 Å². The molecule has 6 heteroatoms. The number of guanidine groups is 1. The number of ether oxygens (including phenoxy) is 1. The van der Waals surface area contributed by atoms with Crippen LogP contribution >= 0.6 is 24.0 Å². The quantitative estimate of drug-likeness (QED) is 0.194. The van der Waals surface area contributed by atoms with Gasteiger partial charge in [0.15, 0.2) is 5.96 Å². The molecule has 1 heterocycles. The van der Waals surface area contributed by atoms with Gasteiger partial charge in [-0.3, -0.25) is 4.99 Å². The Bertz CT molecular complexity index is 547. The summed E-state index contributed by atoms with van der Waals surface area (Å²) in [4.78, 5) is 4.93. The van der Waals surface area contributed by atoms with Crippen molar-refractivity contribution >= 4 is 29.9 Å². The Kier molecular flexibility index (Phi) is 12.7. The number of rotatable bonds is 10. The lowest BCUT2D eigenvalue weighted by Crippen LogP contribution is -2.53. The molecule has 3 N–H and O–H groups in total. The van der Waals surface area contributed by atoms with E-state index in [9.17, 15) is 0 Å². The van der Waals surface area contributed by atoms with E-state index < -0.39 is 0 Å². The third-order valence-corrected chi connectivity index (χ3v) is 5.23. The highest BCUT2D eigenvalue weighted by molar-refractivity contribution is 14.0. The molecule has 0 amide bonds. The molecule has 1 fully saturated rings. The summed E-state index contributed by atoms with van der Waals surface area (Å²) >= 11 is 0. The minimum atomic E-state index is -0.0146. The first-order chi connectivity index (χ1) is 13.2. The first-order valence-corrected chi connectivity index (χ1v) is 10.6. The molecule has 0 aromatic heterocycles. The first-order valence-electron chi connectivity index (χ1n) is 10.6. The summed E-state index contributed by atoms with van der Waals surface area (Å²) in [5, 5.41) is 10.7. The predicted octanol–water partition coefficient (Wildman–Crippen LogP) is 4.25. The van der Waals surface area contributed by atoms with Gasteiger partial charge in [0.1, 0.15) is 0 Å². The molecule has 28 heavy (non-hydrogen) atoms. The minimum Gasteiger partial charge on any atom is -0.381 e. The van der Waals surface area contributed by atoms with E-state index in [1.807, 2.05) is 0 Å². The maximum atomic E-state index is 5.64. The molecule has 1 unspecified atom stereocenters. The van der Waals surface area contributed by atoms with Gasteiger partial charge in [-0.25, -0.2) is 0 Å². The summed E-state index contributed by atoms with van der Waals surface area (Å²) in [7, 11) is 0. The van der Waals surface area contributed by atoms with Crippen LogP contribution in [0.1, 0.15) is 64.5 Å². The van der Waals surface area contributed by atoms with Crippen LogP contribution in [0.3, 0.4) is 0 Å². The van der Waals surface area contributed by atoms with Crippen LogP contribution in [0, 0.1) is 0 Å². The SMILES string of the molecule is CCCCCNC(=NCC1(NC(C)c2ccccc2)CCOCC1)NCC.I. The number of nitrogens with zero attached hydrogens (tertiary/aromatic N) is 1. The molecule has 0 aliphatic carbocycles. The van der Waals surface area contributed by atoms with Crippen molar-refractivity contribution in [2.24, 2.45) is 4.99 Å². The zero-order chi connectivity index (χ0) is 19.4. The Labute approximate surface area is 188 Å². The Morgan fingerprint density at radius 3 is 2.46 bits per heavy atom. The van der Waals surface area contributed by atoms with E-state index in [-0.39, 0.29) is 29.5 Å². The van der Waals surface area contributed by atoms with Gasteiger partial charge in [-0.15, -0.1) is 24.0 Å². The first kappa shape index (κ1) is 25.2. The molecule has 2 rings (SSSR count). The van der Waals surface area contributed by atoms with Crippen molar-refractivity contribution in [3.8, 4) is 0 Å². The van der Waals surface area contributed by atoms with Gasteiger partial charge in [-0.05, 0) is 38.7 Å². The second-order valence-corrected chi connectivity index (χ2v) is 7.50. The largest absolute Gasteiger partial charge is 0.381 e. The van der Waals surface area contributed by atoms with Gasteiger partial charge in [-0.1, -0.05) is 50.1 Å². The highest BCUT2D eigenvalue weighted by atomic mass is 127. The summed E-state index contributed by atoms with van der Waals surface area (Å²) in [6, 6.07) is 10.9. The Balaban J connectivity index is 0.00000392. The van der Waals surface area contributed by atoms with Crippen molar-refractivity contribution in [2.75, 3.05) is 32.8 Å². The van der Waals surface area contributed by atoms with Gasteiger partial charge in [0.25, 0.3) is 0 Å². The number of aliphatic imine (C=N–C) groups is 1. The Morgan fingerprint density at radius 2 is 1.82 bits per heavy atom. The summed E-state index contributed by atoms with van der Waals surface area (Å²) in [5.74, 6) is 0.925. The summed E-state index contributed by atoms with van der Waals surface area (Å²) < 4.78 is 5.64. The van der Waals surface area contributed by atoms with Crippen LogP contribution in [0.4, 0.5) is 0 Å². The number of hydrogen-bond donors (Lipinski definition) is 3. The van der Waals surface area contributed by atoms with Gasteiger partial charge in [-0.2, -0.15) is 0 Å². The minimum absolute atomic E-state index is 0. The standard InChI is InChI=1S/C22H38N4O.HI/c1-4-6-10-15-24-21(23-5-2)25-18-22(13-16-27-17-14-22)26-19(3)20-11-8-7-9-12-20;/h7-9,11-12,19,26H,4-6,10,13-18H2,1-3H3,(H2,23,24,25);1H. The van der Waals surface area contributed by atoms with Crippen LogP contribution < -0.4 is 16.0 Å². The van der Waals surface area contributed by atoms with Crippen LogP contribution in [-0.4, -0.2) is 44.3 Å². The normalized spacial score (nSPS) is 17.5. The van der Waals surface area contributed by atoms with E-state index in [0.29, 0.717) is 6.04 Å². The Hall–Kier alpha value is -0.860. The molecule has 0 bridgehead atoms. The molecule has 1 aliphatic rings. The molecule has 1 aliphatic heterocycles. The summed E-state index contributed by atoms with van der Waals surface area (Å²) in [6.07, 6.45) is 5.65. The molecular weight excluding hydrogens is 463 g/mol. The lowest BCUT2D eigenvalue weighted by atomic mass is 9.88. The molecule has 0 radical (unpaired) electrons. The van der Waals surface area contributed by atoms with Crippen LogP contribution in [0.25, 0.3) is 0 Å². The van der Waals surface area contributed by atoms with Crippen molar-refractivity contribution in [2.45, 2.75) is 64.5 Å². The van der Waals surface area contributed by atoms with Crippen LogP contribution in [-0.2, 0) is 4.74 Å². The molecule has 1 atom stereocenters. The van der Waals surface area contributed by atoms with E-state index in [2.05, 4.69) is 67.1 Å². The van der Waals surface area contributed by atoms with Crippen molar-refractivity contribution < 1.29 is 4.74 Å². The van der Waals surface area contributed by atoms with E-state index in [1.54, 1.807) is 0 Å². The van der Waals surface area contributed by atoms with Gasteiger partial charge in [0, 0.05) is 37.9 Å². The predicted molar refractivity (Wildman–Crippen MR) is 130 cm³/mol. The fraction of sp³-hybridized carbons (Fsp3) is 0.682. The lowest BCUT2D eigenvalue weighted by molar-refractivity contribution is 0.0374. The highest BCUT2D eigenvalue weighted by Gasteiger charge is 2.33. The molecular formula is C22H39IN4O. The second-order valence-electron chi connectivity index (χ2n) is 7.50. The molecule has 0 spiro atoms. The topological polar surface area (TPSA) is 57.7 Å². The molecule has 5 nitrogen and oxygen atoms in total. The fourth-order valence-electron chi connectivity index (χ4n) is 3.55. The average molecular weight is 502 g/mol. The van der Waals surface area contributed by atoms with Crippen LogP contribution in [0.5, 0.6) is 0 Å². The van der Waals surface area contributed by atoms with Gasteiger partial charge < -0.3 is 20.7 Å². The average Bonchev–Trinajstić information content (AvgIpc) is 2.70. The van der Waals surface area contributed by atoms with Gasteiger partial charge >= 0.3 is 0 Å². The molecule has 1 aromatic rings. The number of unbranched alkanes of at least 4 members (excludes halogenated alkanes) is 2. The van der Waals surface area contributed by atoms with Crippen LogP contribution in [0.15, 0.2) is 35.3 Å². The maximum Gasteiger partial charge on any atom is 0.191 e. The lowest BCUT2D eigenvalue weighted by Gasteiger charge is -2.39. The van der Waals surface area contributed by atoms with E-state index in [1.165, 1.54) is 24.8 Å². The zero-order valence-corrected chi connectivity index (χ0v) is 20.1. The smallest absolute Gasteiger partial charge is 0.191 e. The maximum absolute atomic E-state index is 5.64. The van der Waals surface area contributed by atoms with Crippen molar-refractivity contribution in [1.82, 2.24) is 16.0 Å². The summed E-state index contributed by atoms with van der Waals surface area (Å²) in [5.41, 5.74) is 1.30. The monoisotopic (exact) mass is 502 g/mol. The number of nitrogens with one attached hydrogen (secondary N) is 3. The van der Waals surface area contributed by atoms with Crippen molar-refractivity contribution in [1.29, 1.82) is 0 Å². The molecule has 0 saturated carbocycles. The third kappa shape index (κ3) is 8.66. The van der Waals surface area contributed by atoms with E-state index >= 15 is 0 Å². The second kappa shape index (κ2) is 14.2. The fourth-order valence-corrected chi connectivity index (χ4v) is 3.55. The molecule has 160 valence electrons. The number of benzene rings is 1. The third-order valence-electron chi connectivity index (χ3n) is 5.23. The van der Waals surface area contributed by atoms with Gasteiger partial charge in [0.2, 0.25) is 0 Å². The highest BCUT2D eigenvalue weighted by Crippen LogP contribution is 2.26.